The van der Waals surface area contributed by atoms with Crippen LogP contribution in [0.5, 0.6) is 11.5 Å². The molecule has 1 heterocycles. The quantitative estimate of drug-likeness (QED) is 0.553. The van der Waals surface area contributed by atoms with Gasteiger partial charge in [-0.2, -0.15) is 0 Å². The Kier molecular flexibility index (Phi) is 6.47. The van der Waals surface area contributed by atoms with Crippen molar-refractivity contribution in [3.05, 3.63) is 100 Å². The third-order valence-electron chi connectivity index (χ3n) is 4.92. The van der Waals surface area contributed by atoms with Crippen LogP contribution in [-0.4, -0.2) is 29.0 Å². The second kappa shape index (κ2) is 9.62. The number of rotatable bonds is 6. The highest BCUT2D eigenvalue weighted by Crippen LogP contribution is 2.45. The number of thioether (sulfide) groups is 1. The number of hydrazine groups is 1. The SMILES string of the molecule is COc1ccc([C@H]2S/C(=C\c3cccc(O)c3)C(=O)N2NC(=O)Cc2ccccc2)cc1. The van der Waals surface area contributed by atoms with E-state index in [0.29, 0.717) is 16.2 Å². The standard InChI is InChI=1S/C25H22N2O4S/c1-31-21-12-10-19(11-13-21)25-27(26-23(29)16-17-6-3-2-4-7-17)24(30)22(32-25)15-18-8-5-9-20(28)14-18/h2-15,25,28H,16H2,1H3,(H,26,29)/b22-15-/t25-/m1/s1. The highest BCUT2D eigenvalue weighted by Gasteiger charge is 2.38. The summed E-state index contributed by atoms with van der Waals surface area (Å²) >= 11 is 1.34. The zero-order valence-electron chi connectivity index (χ0n) is 17.4. The number of phenols is 1. The molecule has 3 aromatic carbocycles. The van der Waals surface area contributed by atoms with Gasteiger partial charge in [0, 0.05) is 0 Å². The van der Waals surface area contributed by atoms with Crippen LogP contribution in [0.1, 0.15) is 22.1 Å². The fraction of sp³-hybridized carbons (Fsp3) is 0.120. The van der Waals surface area contributed by atoms with Crippen LogP contribution in [0, 0.1) is 0 Å². The summed E-state index contributed by atoms with van der Waals surface area (Å²) in [6.45, 7) is 0. The van der Waals surface area contributed by atoms with Crippen LogP contribution < -0.4 is 10.2 Å². The lowest BCUT2D eigenvalue weighted by Gasteiger charge is -2.24. The van der Waals surface area contributed by atoms with Gasteiger partial charge in [-0.15, -0.1) is 0 Å². The van der Waals surface area contributed by atoms with Gasteiger partial charge in [0.05, 0.1) is 18.4 Å². The summed E-state index contributed by atoms with van der Waals surface area (Å²) in [5, 5.41) is 10.7. The number of carbonyl (C=O) groups excluding carboxylic acids is 2. The number of carbonyl (C=O) groups is 2. The molecule has 7 heteroatoms. The van der Waals surface area contributed by atoms with Gasteiger partial charge in [0.1, 0.15) is 16.9 Å². The van der Waals surface area contributed by atoms with Gasteiger partial charge in [-0.05, 0) is 47.0 Å². The normalized spacial score (nSPS) is 16.9. The lowest BCUT2D eigenvalue weighted by Crippen LogP contribution is -2.44. The molecule has 2 amide bonds. The zero-order valence-corrected chi connectivity index (χ0v) is 18.2. The van der Waals surface area contributed by atoms with E-state index in [2.05, 4.69) is 5.43 Å². The number of amides is 2. The summed E-state index contributed by atoms with van der Waals surface area (Å²) in [4.78, 5) is 26.4. The molecule has 0 bridgehead atoms. The third kappa shape index (κ3) is 4.95. The molecule has 1 aliphatic heterocycles. The maximum atomic E-state index is 13.2. The Morgan fingerprint density at radius 1 is 1.09 bits per heavy atom. The van der Waals surface area contributed by atoms with E-state index >= 15 is 0 Å². The molecule has 4 rings (SSSR count). The Bertz CT molecular complexity index is 1150. The maximum Gasteiger partial charge on any atom is 0.280 e. The van der Waals surface area contributed by atoms with Crippen molar-refractivity contribution in [2.45, 2.75) is 11.8 Å². The van der Waals surface area contributed by atoms with Gasteiger partial charge >= 0.3 is 0 Å². The highest BCUT2D eigenvalue weighted by molar-refractivity contribution is 8.04. The lowest BCUT2D eigenvalue weighted by molar-refractivity contribution is -0.137. The van der Waals surface area contributed by atoms with Gasteiger partial charge in [-0.1, -0.05) is 66.4 Å². The molecule has 1 atom stereocenters. The van der Waals surface area contributed by atoms with Crippen molar-refractivity contribution in [1.29, 1.82) is 0 Å². The Morgan fingerprint density at radius 3 is 2.53 bits per heavy atom. The second-order valence-corrected chi connectivity index (χ2v) is 8.34. The average Bonchev–Trinajstić information content (AvgIpc) is 3.09. The second-order valence-electron chi connectivity index (χ2n) is 7.22. The number of nitrogens with one attached hydrogen (secondary N) is 1. The van der Waals surface area contributed by atoms with Crippen molar-refractivity contribution in [3.8, 4) is 11.5 Å². The van der Waals surface area contributed by atoms with E-state index in [1.807, 2.05) is 54.6 Å². The summed E-state index contributed by atoms with van der Waals surface area (Å²) in [5.74, 6) is 0.246. The summed E-state index contributed by atoms with van der Waals surface area (Å²) in [6, 6.07) is 23.4. The number of hydrogen-bond acceptors (Lipinski definition) is 5. The number of benzene rings is 3. The monoisotopic (exact) mass is 446 g/mol. The van der Waals surface area contributed by atoms with Gasteiger partial charge < -0.3 is 9.84 Å². The van der Waals surface area contributed by atoms with Crippen LogP contribution in [0.2, 0.25) is 0 Å². The van der Waals surface area contributed by atoms with Crippen LogP contribution >= 0.6 is 11.8 Å². The third-order valence-corrected chi connectivity index (χ3v) is 6.18. The predicted octanol–water partition coefficient (Wildman–Crippen LogP) is 4.29. The van der Waals surface area contributed by atoms with Crippen molar-refractivity contribution in [2.24, 2.45) is 0 Å². The van der Waals surface area contributed by atoms with Crippen LogP contribution in [0.4, 0.5) is 0 Å². The largest absolute Gasteiger partial charge is 0.508 e. The number of aromatic hydroxyl groups is 1. The molecule has 162 valence electrons. The molecule has 0 aromatic heterocycles. The first kappa shape index (κ1) is 21.5. The minimum absolute atomic E-state index is 0.120. The first-order valence-corrected chi connectivity index (χ1v) is 10.9. The Balaban J connectivity index is 1.61. The van der Waals surface area contributed by atoms with Crippen molar-refractivity contribution >= 4 is 29.7 Å². The number of methoxy groups -OCH3 is 1. The van der Waals surface area contributed by atoms with Crippen LogP contribution in [0.25, 0.3) is 6.08 Å². The molecule has 3 aromatic rings. The lowest BCUT2D eigenvalue weighted by atomic mass is 10.1. The van der Waals surface area contributed by atoms with Gasteiger partial charge in [0.2, 0.25) is 5.91 Å². The van der Waals surface area contributed by atoms with E-state index < -0.39 is 5.37 Å². The summed E-state index contributed by atoms with van der Waals surface area (Å²) in [7, 11) is 1.59. The molecule has 0 saturated carbocycles. The topological polar surface area (TPSA) is 78.9 Å². The highest BCUT2D eigenvalue weighted by atomic mass is 32.2. The summed E-state index contributed by atoms with van der Waals surface area (Å²) in [5.41, 5.74) is 5.20. The first-order chi connectivity index (χ1) is 15.5. The van der Waals surface area contributed by atoms with E-state index in [1.165, 1.54) is 16.8 Å². The van der Waals surface area contributed by atoms with Gasteiger partial charge in [-0.3, -0.25) is 15.0 Å². The molecular formula is C25H22N2O4S. The molecule has 0 unspecified atom stereocenters. The molecular weight excluding hydrogens is 424 g/mol. The van der Waals surface area contributed by atoms with Gasteiger partial charge in [-0.25, -0.2) is 5.01 Å². The van der Waals surface area contributed by atoms with E-state index in [1.54, 1.807) is 37.5 Å². The summed E-state index contributed by atoms with van der Waals surface area (Å²) in [6.07, 6.45) is 1.88. The van der Waals surface area contributed by atoms with Crippen molar-refractivity contribution in [1.82, 2.24) is 10.4 Å². The predicted molar refractivity (Wildman–Crippen MR) is 125 cm³/mol. The average molecular weight is 447 g/mol. The smallest absolute Gasteiger partial charge is 0.280 e. The van der Waals surface area contributed by atoms with E-state index in [-0.39, 0.29) is 24.0 Å². The molecule has 32 heavy (non-hydrogen) atoms. The van der Waals surface area contributed by atoms with Crippen molar-refractivity contribution < 1.29 is 19.4 Å². The number of ether oxygens (including phenoxy) is 1. The maximum absolute atomic E-state index is 13.2. The molecule has 0 radical (unpaired) electrons. The van der Waals surface area contributed by atoms with Gasteiger partial charge in [0.25, 0.3) is 5.91 Å². The van der Waals surface area contributed by atoms with E-state index in [0.717, 1.165) is 11.1 Å². The molecule has 0 aliphatic carbocycles. The number of hydrogen-bond donors (Lipinski definition) is 2. The minimum Gasteiger partial charge on any atom is -0.508 e. The fourth-order valence-corrected chi connectivity index (χ4v) is 4.55. The fourth-order valence-electron chi connectivity index (χ4n) is 3.36. The van der Waals surface area contributed by atoms with Crippen LogP contribution in [-0.2, 0) is 16.0 Å². The number of phenolic OH excluding ortho intramolecular Hbond substituents is 1. The van der Waals surface area contributed by atoms with Gasteiger partial charge in [0.15, 0.2) is 0 Å². The Morgan fingerprint density at radius 2 is 1.84 bits per heavy atom. The molecule has 1 aliphatic rings. The molecule has 1 fully saturated rings. The minimum atomic E-state index is -0.434. The zero-order chi connectivity index (χ0) is 22.5. The van der Waals surface area contributed by atoms with Crippen LogP contribution in [0.3, 0.4) is 0 Å². The molecule has 0 spiro atoms. The first-order valence-electron chi connectivity index (χ1n) is 10.0. The number of nitrogens with zero attached hydrogens (tertiary/aromatic N) is 1. The van der Waals surface area contributed by atoms with Crippen LogP contribution in [0.15, 0.2) is 83.8 Å². The van der Waals surface area contributed by atoms with Crippen molar-refractivity contribution in [2.75, 3.05) is 7.11 Å². The molecule has 1 saturated heterocycles. The van der Waals surface area contributed by atoms with Crippen molar-refractivity contribution in [3.63, 3.8) is 0 Å². The van der Waals surface area contributed by atoms with E-state index in [9.17, 15) is 14.7 Å². The Labute approximate surface area is 190 Å². The molecule has 6 nitrogen and oxygen atoms in total. The van der Waals surface area contributed by atoms with E-state index in [4.69, 9.17) is 4.74 Å². The molecule has 2 N–H and O–H groups in total. The Hall–Kier alpha value is -3.71. The summed E-state index contributed by atoms with van der Waals surface area (Å²) < 4.78 is 5.23.